The van der Waals surface area contributed by atoms with Gasteiger partial charge in [0, 0.05) is 17.3 Å². The molecule has 110 valence electrons. The number of rotatable bonds is 7. The number of aryl methyl sites for hydroxylation is 1. The number of hydrogen-bond donors (Lipinski definition) is 2. The predicted octanol–water partition coefficient (Wildman–Crippen LogP) is 2.61. The van der Waals surface area contributed by atoms with Gasteiger partial charge in [0.2, 0.25) is 5.91 Å². The summed E-state index contributed by atoms with van der Waals surface area (Å²) in [6.07, 6.45) is 3.03. The van der Waals surface area contributed by atoms with Gasteiger partial charge in [-0.15, -0.1) is 0 Å². The Kier molecular flexibility index (Phi) is 6.11. The number of nitrogens with two attached hydrogens (primary N) is 1. The van der Waals surface area contributed by atoms with Crippen molar-refractivity contribution in [2.45, 2.75) is 45.6 Å². The van der Waals surface area contributed by atoms with Crippen LogP contribution in [-0.2, 0) is 11.2 Å². The molecule has 0 spiro atoms. The van der Waals surface area contributed by atoms with Gasteiger partial charge in [0.1, 0.15) is 0 Å². The van der Waals surface area contributed by atoms with Crippen LogP contribution in [0.25, 0.3) is 0 Å². The van der Waals surface area contributed by atoms with Gasteiger partial charge in [0.15, 0.2) is 0 Å². The zero-order valence-electron chi connectivity index (χ0n) is 11.9. The van der Waals surface area contributed by atoms with Crippen molar-refractivity contribution in [3.05, 3.63) is 33.9 Å². The molecule has 0 aromatic heterocycles. The van der Waals surface area contributed by atoms with Crippen molar-refractivity contribution in [2.24, 2.45) is 5.73 Å². The molecule has 0 aliphatic rings. The maximum atomic E-state index is 11.8. The number of carbonyl (C=O) groups excluding carboxylic acids is 1. The van der Waals surface area contributed by atoms with E-state index >= 15 is 0 Å². The SMILES string of the molecule is CCCCC(N)C(=O)Nc1ccc(CC)c([N+](=O)[O-])c1. The van der Waals surface area contributed by atoms with Crippen molar-refractivity contribution >= 4 is 17.3 Å². The summed E-state index contributed by atoms with van der Waals surface area (Å²) in [7, 11) is 0. The van der Waals surface area contributed by atoms with Gasteiger partial charge >= 0.3 is 0 Å². The lowest BCUT2D eigenvalue weighted by Gasteiger charge is -2.12. The van der Waals surface area contributed by atoms with Crippen LogP contribution in [0.4, 0.5) is 11.4 Å². The van der Waals surface area contributed by atoms with Crippen molar-refractivity contribution < 1.29 is 9.72 Å². The number of nitro groups is 1. The van der Waals surface area contributed by atoms with E-state index in [0.717, 1.165) is 12.8 Å². The van der Waals surface area contributed by atoms with E-state index in [1.54, 1.807) is 12.1 Å². The zero-order valence-corrected chi connectivity index (χ0v) is 11.9. The van der Waals surface area contributed by atoms with Gasteiger partial charge in [0.25, 0.3) is 5.69 Å². The number of nitrogens with zero attached hydrogens (tertiary/aromatic N) is 1. The van der Waals surface area contributed by atoms with Crippen molar-refractivity contribution in [1.82, 2.24) is 0 Å². The highest BCUT2D eigenvalue weighted by atomic mass is 16.6. The molecule has 1 unspecified atom stereocenters. The number of unbranched alkanes of at least 4 members (excludes halogenated alkanes) is 1. The Balaban J connectivity index is 2.80. The molecule has 0 aliphatic heterocycles. The molecule has 1 rings (SSSR count). The second-order valence-electron chi connectivity index (χ2n) is 4.69. The first kappa shape index (κ1) is 16.1. The highest BCUT2D eigenvalue weighted by molar-refractivity contribution is 5.94. The average Bonchev–Trinajstić information content (AvgIpc) is 2.44. The minimum absolute atomic E-state index is 0.0208. The summed E-state index contributed by atoms with van der Waals surface area (Å²) in [5, 5.41) is 13.6. The van der Waals surface area contributed by atoms with Crippen molar-refractivity contribution in [2.75, 3.05) is 5.32 Å². The fourth-order valence-electron chi connectivity index (χ4n) is 1.90. The molecule has 0 aliphatic carbocycles. The lowest BCUT2D eigenvalue weighted by Crippen LogP contribution is -2.35. The van der Waals surface area contributed by atoms with Crippen molar-refractivity contribution in [1.29, 1.82) is 0 Å². The summed E-state index contributed by atoms with van der Waals surface area (Å²) in [6.45, 7) is 3.87. The number of anilines is 1. The lowest BCUT2D eigenvalue weighted by atomic mass is 10.1. The van der Waals surface area contributed by atoms with E-state index in [9.17, 15) is 14.9 Å². The number of benzene rings is 1. The van der Waals surface area contributed by atoms with E-state index in [4.69, 9.17) is 5.73 Å². The Morgan fingerprint density at radius 1 is 1.45 bits per heavy atom. The first-order chi connectivity index (χ1) is 9.49. The summed E-state index contributed by atoms with van der Waals surface area (Å²) in [4.78, 5) is 22.4. The third-order valence-corrected chi connectivity index (χ3v) is 3.14. The van der Waals surface area contributed by atoms with Crippen LogP contribution in [0.1, 0.15) is 38.7 Å². The van der Waals surface area contributed by atoms with Gasteiger partial charge in [-0.05, 0) is 18.9 Å². The summed E-state index contributed by atoms with van der Waals surface area (Å²) in [6, 6.07) is 4.12. The Bertz CT molecular complexity index is 489. The van der Waals surface area contributed by atoms with Crippen LogP contribution < -0.4 is 11.1 Å². The molecule has 0 saturated carbocycles. The minimum atomic E-state index is -0.583. The van der Waals surface area contributed by atoms with E-state index < -0.39 is 11.0 Å². The standard InChI is InChI=1S/C14H21N3O3/c1-3-5-6-12(15)14(18)16-11-8-7-10(4-2)13(9-11)17(19)20/h7-9,12H,3-6,15H2,1-2H3,(H,16,18). The second-order valence-corrected chi connectivity index (χ2v) is 4.69. The molecule has 0 saturated heterocycles. The molecule has 6 nitrogen and oxygen atoms in total. The average molecular weight is 279 g/mol. The maximum Gasteiger partial charge on any atom is 0.274 e. The van der Waals surface area contributed by atoms with E-state index in [0.29, 0.717) is 24.1 Å². The normalized spacial score (nSPS) is 11.9. The summed E-state index contributed by atoms with van der Waals surface area (Å²) < 4.78 is 0. The van der Waals surface area contributed by atoms with Crippen LogP contribution >= 0.6 is 0 Å². The van der Waals surface area contributed by atoms with Gasteiger partial charge in [0.05, 0.1) is 11.0 Å². The number of nitrogens with one attached hydrogen (secondary N) is 1. The molecule has 1 aromatic carbocycles. The maximum absolute atomic E-state index is 11.8. The predicted molar refractivity (Wildman–Crippen MR) is 78.6 cm³/mol. The molecule has 20 heavy (non-hydrogen) atoms. The molecule has 0 radical (unpaired) electrons. The molecular weight excluding hydrogens is 258 g/mol. The first-order valence-electron chi connectivity index (χ1n) is 6.83. The van der Waals surface area contributed by atoms with Crippen LogP contribution in [-0.4, -0.2) is 16.9 Å². The van der Waals surface area contributed by atoms with Gasteiger partial charge in [-0.3, -0.25) is 14.9 Å². The van der Waals surface area contributed by atoms with Crippen LogP contribution in [0.15, 0.2) is 18.2 Å². The highest BCUT2D eigenvalue weighted by Crippen LogP contribution is 2.23. The molecule has 1 atom stereocenters. The van der Waals surface area contributed by atoms with Crippen LogP contribution in [0.5, 0.6) is 0 Å². The Labute approximate surface area is 118 Å². The number of hydrogen-bond acceptors (Lipinski definition) is 4. The Hall–Kier alpha value is -1.95. The number of carbonyl (C=O) groups is 1. The fourth-order valence-corrected chi connectivity index (χ4v) is 1.90. The van der Waals surface area contributed by atoms with E-state index in [-0.39, 0.29) is 11.6 Å². The van der Waals surface area contributed by atoms with Crippen molar-refractivity contribution in [3.63, 3.8) is 0 Å². The van der Waals surface area contributed by atoms with Gasteiger partial charge in [-0.25, -0.2) is 0 Å². The molecular formula is C14H21N3O3. The summed E-state index contributed by atoms with van der Waals surface area (Å²) in [5.41, 5.74) is 6.83. The van der Waals surface area contributed by atoms with Gasteiger partial charge in [-0.2, -0.15) is 0 Å². The topological polar surface area (TPSA) is 98.3 Å². The molecule has 3 N–H and O–H groups in total. The largest absolute Gasteiger partial charge is 0.324 e. The second kappa shape index (κ2) is 7.59. The first-order valence-corrected chi connectivity index (χ1v) is 6.83. The quantitative estimate of drug-likeness (QED) is 0.592. The number of nitro benzene ring substituents is 1. The molecule has 1 amide bonds. The van der Waals surface area contributed by atoms with Crippen LogP contribution in [0, 0.1) is 10.1 Å². The Morgan fingerprint density at radius 3 is 2.70 bits per heavy atom. The molecule has 0 heterocycles. The van der Waals surface area contributed by atoms with E-state index in [1.165, 1.54) is 6.07 Å². The van der Waals surface area contributed by atoms with E-state index in [1.807, 2.05) is 13.8 Å². The van der Waals surface area contributed by atoms with Gasteiger partial charge in [-0.1, -0.05) is 32.8 Å². The smallest absolute Gasteiger partial charge is 0.274 e. The summed E-state index contributed by atoms with van der Waals surface area (Å²) >= 11 is 0. The Morgan fingerprint density at radius 2 is 2.15 bits per heavy atom. The fraction of sp³-hybridized carbons (Fsp3) is 0.500. The highest BCUT2D eigenvalue weighted by Gasteiger charge is 2.16. The van der Waals surface area contributed by atoms with Crippen LogP contribution in [0.2, 0.25) is 0 Å². The number of amides is 1. The van der Waals surface area contributed by atoms with Gasteiger partial charge < -0.3 is 11.1 Å². The molecule has 1 aromatic rings. The van der Waals surface area contributed by atoms with Crippen molar-refractivity contribution in [3.8, 4) is 0 Å². The lowest BCUT2D eigenvalue weighted by molar-refractivity contribution is -0.385. The monoisotopic (exact) mass is 279 g/mol. The van der Waals surface area contributed by atoms with E-state index in [2.05, 4.69) is 5.32 Å². The summed E-state index contributed by atoms with van der Waals surface area (Å²) in [5.74, 6) is -0.308. The van der Waals surface area contributed by atoms with Crippen LogP contribution in [0.3, 0.4) is 0 Å². The minimum Gasteiger partial charge on any atom is -0.324 e. The zero-order chi connectivity index (χ0) is 15.1. The third-order valence-electron chi connectivity index (χ3n) is 3.14. The molecule has 6 heteroatoms. The third kappa shape index (κ3) is 4.31. The molecule has 0 bridgehead atoms. The molecule has 0 fully saturated rings.